The van der Waals surface area contributed by atoms with Crippen LogP contribution in [0.2, 0.25) is 0 Å². The Balaban J connectivity index is 1.53. The molecule has 1 atom stereocenters. The van der Waals surface area contributed by atoms with Crippen molar-refractivity contribution < 1.29 is 24.2 Å². The van der Waals surface area contributed by atoms with Gasteiger partial charge in [-0.1, -0.05) is 55.5 Å². The third-order valence-electron chi connectivity index (χ3n) is 5.77. The monoisotopic (exact) mass is 438 g/mol. The first kappa shape index (κ1) is 23.3. The van der Waals surface area contributed by atoms with Crippen molar-refractivity contribution in [3.8, 4) is 11.1 Å². The Hall–Kier alpha value is -3.35. The fraction of sp³-hybridized carbons (Fsp3) is 0.400. The molecule has 0 aliphatic heterocycles. The lowest BCUT2D eigenvalue weighted by molar-refractivity contribution is -0.138. The minimum absolute atomic E-state index is 0.0500. The van der Waals surface area contributed by atoms with Crippen LogP contribution in [0.25, 0.3) is 11.1 Å². The van der Waals surface area contributed by atoms with Crippen LogP contribution < -0.4 is 10.6 Å². The van der Waals surface area contributed by atoms with Gasteiger partial charge in [-0.25, -0.2) is 4.79 Å². The molecule has 0 radical (unpaired) electrons. The molecular formula is C25H30N2O5. The molecule has 170 valence electrons. The third kappa shape index (κ3) is 5.46. The number of carboxylic acid groups (broad SMARTS) is 1. The van der Waals surface area contributed by atoms with Crippen LogP contribution in [0.15, 0.2) is 48.5 Å². The maximum Gasteiger partial charge on any atom is 0.408 e. The molecule has 2 aromatic rings. The van der Waals surface area contributed by atoms with Crippen LogP contribution in [0.1, 0.15) is 50.7 Å². The van der Waals surface area contributed by atoms with E-state index in [9.17, 15) is 14.4 Å². The van der Waals surface area contributed by atoms with Gasteiger partial charge in [-0.15, -0.1) is 0 Å². The summed E-state index contributed by atoms with van der Waals surface area (Å²) in [6.07, 6.45) is -0.0673. The molecule has 1 unspecified atom stereocenters. The smallest absolute Gasteiger partial charge is 0.408 e. The summed E-state index contributed by atoms with van der Waals surface area (Å²) in [7, 11) is 0. The number of carbonyl (C=O) groups is 3. The van der Waals surface area contributed by atoms with Crippen molar-refractivity contribution in [2.24, 2.45) is 5.92 Å². The molecule has 3 rings (SSSR count). The molecule has 0 heterocycles. The number of fused-ring (bicyclic) bond motifs is 3. The van der Waals surface area contributed by atoms with Gasteiger partial charge < -0.3 is 20.5 Å². The predicted octanol–water partition coefficient (Wildman–Crippen LogP) is 3.92. The molecule has 0 aromatic heterocycles. The van der Waals surface area contributed by atoms with E-state index in [1.807, 2.05) is 43.3 Å². The van der Waals surface area contributed by atoms with E-state index in [1.165, 1.54) is 0 Å². The topological polar surface area (TPSA) is 105 Å². The number of aliphatic carboxylic acids is 1. The summed E-state index contributed by atoms with van der Waals surface area (Å²) in [5.41, 5.74) is 3.37. The minimum atomic E-state index is -1.17. The second-order valence-electron chi connectivity index (χ2n) is 8.82. The van der Waals surface area contributed by atoms with Gasteiger partial charge in [0, 0.05) is 18.9 Å². The average Bonchev–Trinajstić information content (AvgIpc) is 3.05. The molecule has 2 amide bonds. The quantitative estimate of drug-likeness (QED) is 0.550. The summed E-state index contributed by atoms with van der Waals surface area (Å²) in [6.45, 7) is 5.53. The molecule has 32 heavy (non-hydrogen) atoms. The first-order valence-corrected chi connectivity index (χ1v) is 10.8. The second kappa shape index (κ2) is 9.85. The molecule has 2 aromatic carbocycles. The van der Waals surface area contributed by atoms with Gasteiger partial charge in [0.15, 0.2) is 0 Å². The van der Waals surface area contributed by atoms with E-state index in [4.69, 9.17) is 9.84 Å². The molecule has 3 N–H and O–H groups in total. The van der Waals surface area contributed by atoms with E-state index >= 15 is 0 Å². The second-order valence-corrected chi connectivity index (χ2v) is 8.82. The third-order valence-corrected chi connectivity index (χ3v) is 5.77. The molecule has 7 heteroatoms. The van der Waals surface area contributed by atoms with E-state index in [0.29, 0.717) is 13.0 Å². The average molecular weight is 439 g/mol. The van der Waals surface area contributed by atoms with Crippen LogP contribution in [-0.4, -0.2) is 41.8 Å². The number of alkyl carbamates (subject to hydrolysis) is 1. The number of hydrogen-bond acceptors (Lipinski definition) is 4. The van der Waals surface area contributed by atoms with E-state index in [0.717, 1.165) is 22.3 Å². The SMILES string of the molecule is CC(CCNC(=O)C(C)(C)NC(=O)OCC1c2ccccc2-c2ccccc21)CC(=O)O. The molecule has 0 fully saturated rings. The van der Waals surface area contributed by atoms with Gasteiger partial charge >= 0.3 is 12.1 Å². The van der Waals surface area contributed by atoms with Crippen molar-refractivity contribution in [2.75, 3.05) is 13.2 Å². The highest BCUT2D eigenvalue weighted by molar-refractivity contribution is 5.89. The van der Waals surface area contributed by atoms with Crippen LogP contribution in [0.3, 0.4) is 0 Å². The van der Waals surface area contributed by atoms with Crippen molar-refractivity contribution >= 4 is 18.0 Å². The van der Waals surface area contributed by atoms with E-state index < -0.39 is 17.6 Å². The lowest BCUT2D eigenvalue weighted by atomic mass is 9.98. The Bertz CT molecular complexity index is 956. The van der Waals surface area contributed by atoms with Gasteiger partial charge in [0.2, 0.25) is 5.91 Å². The van der Waals surface area contributed by atoms with E-state index in [1.54, 1.807) is 13.8 Å². The largest absolute Gasteiger partial charge is 0.481 e. The zero-order valence-corrected chi connectivity index (χ0v) is 18.7. The molecule has 0 saturated carbocycles. The fourth-order valence-electron chi connectivity index (χ4n) is 4.00. The number of carboxylic acids is 1. The highest BCUT2D eigenvalue weighted by Gasteiger charge is 2.32. The van der Waals surface area contributed by atoms with Crippen LogP contribution in [0.4, 0.5) is 4.79 Å². The van der Waals surface area contributed by atoms with Gasteiger partial charge in [-0.2, -0.15) is 0 Å². The number of hydrogen-bond donors (Lipinski definition) is 3. The normalized spacial score (nSPS) is 13.6. The van der Waals surface area contributed by atoms with Crippen molar-refractivity contribution in [3.05, 3.63) is 59.7 Å². The van der Waals surface area contributed by atoms with Gasteiger partial charge in [-0.05, 0) is 48.4 Å². The van der Waals surface area contributed by atoms with Crippen LogP contribution in [-0.2, 0) is 14.3 Å². The van der Waals surface area contributed by atoms with Gasteiger partial charge in [0.05, 0.1) is 0 Å². The summed E-state index contributed by atoms with van der Waals surface area (Å²) in [4.78, 5) is 35.7. The van der Waals surface area contributed by atoms with Crippen LogP contribution >= 0.6 is 0 Å². The summed E-state index contributed by atoms with van der Waals surface area (Å²) in [5, 5.41) is 14.2. The molecule has 1 aliphatic carbocycles. The Morgan fingerprint density at radius 1 is 1.03 bits per heavy atom. The molecule has 0 saturated heterocycles. The summed E-state index contributed by atoms with van der Waals surface area (Å²) in [5.74, 6) is -1.32. The number of nitrogens with one attached hydrogen (secondary N) is 2. The molecular weight excluding hydrogens is 408 g/mol. The first-order chi connectivity index (χ1) is 15.2. The summed E-state index contributed by atoms with van der Waals surface area (Å²) >= 11 is 0. The number of amides is 2. The van der Waals surface area contributed by atoms with Gasteiger partial charge in [0.1, 0.15) is 12.1 Å². The number of carbonyl (C=O) groups excluding carboxylic acids is 2. The standard InChI is InChI=1S/C25H30N2O5/c1-16(14-22(28)29)12-13-26-23(30)25(2,3)27-24(31)32-15-21-19-10-6-4-8-17(19)18-9-5-7-11-20(18)21/h4-11,16,21H,12-15H2,1-3H3,(H,26,30)(H,27,31)(H,28,29). The Kier molecular flexibility index (Phi) is 7.18. The Labute approximate surface area is 188 Å². The Morgan fingerprint density at radius 2 is 1.59 bits per heavy atom. The highest BCUT2D eigenvalue weighted by Crippen LogP contribution is 2.44. The molecule has 0 spiro atoms. The molecule has 0 bridgehead atoms. The lowest BCUT2D eigenvalue weighted by Gasteiger charge is -2.25. The van der Waals surface area contributed by atoms with Crippen molar-refractivity contribution in [1.82, 2.24) is 10.6 Å². The summed E-state index contributed by atoms with van der Waals surface area (Å²) in [6, 6.07) is 16.2. The van der Waals surface area contributed by atoms with Gasteiger partial charge in [-0.3, -0.25) is 9.59 Å². The highest BCUT2D eigenvalue weighted by atomic mass is 16.5. The molecule has 7 nitrogen and oxygen atoms in total. The van der Waals surface area contributed by atoms with Gasteiger partial charge in [0.25, 0.3) is 0 Å². The number of rotatable bonds is 9. The number of ether oxygens (including phenoxy) is 1. The minimum Gasteiger partial charge on any atom is -0.481 e. The zero-order valence-electron chi connectivity index (χ0n) is 18.7. The van der Waals surface area contributed by atoms with E-state index in [-0.39, 0.29) is 30.8 Å². The maximum atomic E-state index is 12.5. The zero-order chi connectivity index (χ0) is 23.3. The molecule has 1 aliphatic rings. The van der Waals surface area contributed by atoms with Crippen LogP contribution in [0.5, 0.6) is 0 Å². The fourth-order valence-corrected chi connectivity index (χ4v) is 4.00. The predicted molar refractivity (Wildman–Crippen MR) is 121 cm³/mol. The lowest BCUT2D eigenvalue weighted by Crippen LogP contribution is -2.55. The van der Waals surface area contributed by atoms with Crippen LogP contribution in [0, 0.1) is 5.92 Å². The van der Waals surface area contributed by atoms with Crippen molar-refractivity contribution in [1.29, 1.82) is 0 Å². The first-order valence-electron chi connectivity index (χ1n) is 10.8. The van der Waals surface area contributed by atoms with Crippen molar-refractivity contribution in [3.63, 3.8) is 0 Å². The Morgan fingerprint density at radius 3 is 2.16 bits per heavy atom. The van der Waals surface area contributed by atoms with E-state index in [2.05, 4.69) is 22.8 Å². The van der Waals surface area contributed by atoms with Crippen molar-refractivity contribution in [2.45, 2.75) is 45.1 Å². The number of benzene rings is 2. The maximum absolute atomic E-state index is 12.5. The summed E-state index contributed by atoms with van der Waals surface area (Å²) < 4.78 is 5.52.